The third-order valence-corrected chi connectivity index (χ3v) is 2.84. The Morgan fingerprint density at radius 2 is 2.06 bits per heavy atom. The van der Waals surface area contributed by atoms with Crippen LogP contribution in [0.2, 0.25) is 0 Å². The zero-order valence-corrected chi connectivity index (χ0v) is 10.2. The van der Waals surface area contributed by atoms with Crippen LogP contribution in [-0.4, -0.2) is 19.2 Å². The van der Waals surface area contributed by atoms with Gasteiger partial charge in [-0.25, -0.2) is 4.39 Å². The fraction of sp³-hybridized carbons (Fsp3) is 0.538. The summed E-state index contributed by atoms with van der Waals surface area (Å²) in [5, 5.41) is 3.18. The highest BCUT2D eigenvalue weighted by atomic mass is 19.1. The molecule has 16 heavy (non-hydrogen) atoms. The van der Waals surface area contributed by atoms with Gasteiger partial charge in [0, 0.05) is 11.6 Å². The molecular formula is C13H20FNO. The molecule has 0 saturated heterocycles. The van der Waals surface area contributed by atoms with Crippen molar-refractivity contribution in [2.75, 3.05) is 7.05 Å². The van der Waals surface area contributed by atoms with Gasteiger partial charge in [-0.15, -0.1) is 0 Å². The summed E-state index contributed by atoms with van der Waals surface area (Å²) in [6.07, 6.45) is 1.07. The van der Waals surface area contributed by atoms with Crippen molar-refractivity contribution in [2.45, 2.75) is 39.0 Å². The average molecular weight is 225 g/mol. The first-order valence-corrected chi connectivity index (χ1v) is 5.71. The summed E-state index contributed by atoms with van der Waals surface area (Å²) in [7, 11) is 1.91. The normalized spacial score (nSPS) is 14.8. The highest BCUT2D eigenvalue weighted by Crippen LogP contribution is 2.11. The zero-order chi connectivity index (χ0) is 12.0. The quantitative estimate of drug-likeness (QED) is 0.803. The molecule has 3 heteroatoms. The van der Waals surface area contributed by atoms with E-state index in [1.54, 1.807) is 12.1 Å². The summed E-state index contributed by atoms with van der Waals surface area (Å²) in [6.45, 7) is 4.43. The largest absolute Gasteiger partial charge is 0.372 e. The van der Waals surface area contributed by atoms with Crippen molar-refractivity contribution < 1.29 is 9.13 Å². The highest BCUT2D eigenvalue weighted by molar-refractivity contribution is 5.16. The lowest BCUT2D eigenvalue weighted by atomic mass is 10.1. The maximum Gasteiger partial charge on any atom is 0.128 e. The van der Waals surface area contributed by atoms with E-state index in [-0.39, 0.29) is 11.9 Å². The molecule has 0 fully saturated rings. The van der Waals surface area contributed by atoms with Crippen LogP contribution < -0.4 is 5.32 Å². The van der Waals surface area contributed by atoms with Gasteiger partial charge in [-0.2, -0.15) is 0 Å². The topological polar surface area (TPSA) is 21.3 Å². The van der Waals surface area contributed by atoms with Crippen molar-refractivity contribution in [3.05, 3.63) is 35.6 Å². The van der Waals surface area contributed by atoms with Gasteiger partial charge in [0.1, 0.15) is 5.82 Å². The van der Waals surface area contributed by atoms with Crippen molar-refractivity contribution in [2.24, 2.45) is 0 Å². The molecule has 0 amide bonds. The number of halogens is 1. The second kappa shape index (κ2) is 6.61. The van der Waals surface area contributed by atoms with E-state index in [0.717, 1.165) is 6.42 Å². The Morgan fingerprint density at radius 1 is 1.38 bits per heavy atom. The molecule has 0 spiro atoms. The first kappa shape index (κ1) is 13.1. The van der Waals surface area contributed by atoms with Crippen molar-refractivity contribution >= 4 is 0 Å². The molecule has 0 aliphatic heterocycles. The van der Waals surface area contributed by atoms with Crippen LogP contribution in [0.15, 0.2) is 24.3 Å². The second-order valence-electron chi connectivity index (χ2n) is 3.91. The Hall–Kier alpha value is -0.930. The predicted molar refractivity (Wildman–Crippen MR) is 63.8 cm³/mol. The van der Waals surface area contributed by atoms with Crippen LogP contribution in [0.25, 0.3) is 0 Å². The Morgan fingerprint density at radius 3 is 2.62 bits per heavy atom. The summed E-state index contributed by atoms with van der Waals surface area (Å²) in [5.74, 6) is -0.202. The van der Waals surface area contributed by atoms with Crippen LogP contribution in [0.3, 0.4) is 0 Å². The van der Waals surface area contributed by atoms with Crippen LogP contribution in [0.5, 0.6) is 0 Å². The maximum absolute atomic E-state index is 13.3. The van der Waals surface area contributed by atoms with E-state index in [9.17, 15) is 4.39 Å². The summed E-state index contributed by atoms with van der Waals surface area (Å²) in [5.41, 5.74) is 0.611. The molecule has 0 aliphatic carbocycles. The molecule has 2 nitrogen and oxygen atoms in total. The van der Waals surface area contributed by atoms with Gasteiger partial charge in [0.2, 0.25) is 0 Å². The van der Waals surface area contributed by atoms with Gasteiger partial charge in [-0.3, -0.25) is 0 Å². The Labute approximate surface area is 96.8 Å². The molecule has 0 aromatic heterocycles. The van der Waals surface area contributed by atoms with Gasteiger partial charge < -0.3 is 10.1 Å². The Bertz CT molecular complexity index is 313. The molecule has 1 N–H and O–H groups in total. The zero-order valence-electron chi connectivity index (χ0n) is 10.2. The summed E-state index contributed by atoms with van der Waals surface area (Å²) in [4.78, 5) is 0. The predicted octanol–water partition coefficient (Wildman–Crippen LogP) is 2.73. The van der Waals surface area contributed by atoms with Gasteiger partial charge in [-0.1, -0.05) is 25.1 Å². The number of nitrogens with one attached hydrogen (secondary N) is 1. The van der Waals surface area contributed by atoms with E-state index in [1.807, 2.05) is 20.0 Å². The smallest absolute Gasteiger partial charge is 0.128 e. The first-order valence-electron chi connectivity index (χ1n) is 5.71. The lowest BCUT2D eigenvalue weighted by Crippen LogP contribution is -2.36. The van der Waals surface area contributed by atoms with Gasteiger partial charge >= 0.3 is 0 Å². The summed E-state index contributed by atoms with van der Waals surface area (Å²) < 4.78 is 19.0. The van der Waals surface area contributed by atoms with E-state index in [0.29, 0.717) is 18.2 Å². The molecule has 0 heterocycles. The van der Waals surface area contributed by atoms with Crippen LogP contribution >= 0.6 is 0 Å². The summed E-state index contributed by atoms with van der Waals surface area (Å²) >= 11 is 0. The average Bonchev–Trinajstić information content (AvgIpc) is 2.29. The van der Waals surface area contributed by atoms with E-state index in [2.05, 4.69) is 12.2 Å². The van der Waals surface area contributed by atoms with E-state index in [4.69, 9.17) is 4.74 Å². The minimum atomic E-state index is -0.202. The molecule has 0 saturated carbocycles. The monoisotopic (exact) mass is 225 g/mol. The molecule has 0 radical (unpaired) electrons. The second-order valence-corrected chi connectivity index (χ2v) is 3.91. The van der Waals surface area contributed by atoms with E-state index < -0.39 is 0 Å². The lowest BCUT2D eigenvalue weighted by Gasteiger charge is -2.22. The molecular weight excluding hydrogens is 205 g/mol. The van der Waals surface area contributed by atoms with Crippen LogP contribution in [0, 0.1) is 5.82 Å². The lowest BCUT2D eigenvalue weighted by molar-refractivity contribution is 0.0266. The number of benzene rings is 1. The van der Waals surface area contributed by atoms with Crippen LogP contribution in [-0.2, 0) is 11.3 Å². The Balaban J connectivity index is 2.48. The van der Waals surface area contributed by atoms with Crippen molar-refractivity contribution in [1.29, 1.82) is 0 Å². The molecule has 0 aliphatic rings. The van der Waals surface area contributed by atoms with Gasteiger partial charge in [0.15, 0.2) is 0 Å². The first-order chi connectivity index (χ1) is 7.69. The van der Waals surface area contributed by atoms with Crippen molar-refractivity contribution in [3.63, 3.8) is 0 Å². The molecule has 1 aromatic carbocycles. The molecule has 90 valence electrons. The van der Waals surface area contributed by atoms with E-state index >= 15 is 0 Å². The standard InChI is InChI=1S/C13H20FNO/c1-4-13(15-3)10(2)16-9-11-7-5-6-8-12(11)14/h5-8,10,13,15H,4,9H2,1-3H3. The van der Waals surface area contributed by atoms with Crippen molar-refractivity contribution in [1.82, 2.24) is 5.32 Å². The number of likely N-dealkylation sites (N-methyl/N-ethyl adjacent to an activating group) is 1. The molecule has 2 atom stereocenters. The van der Waals surface area contributed by atoms with E-state index in [1.165, 1.54) is 6.07 Å². The Kier molecular flexibility index (Phi) is 5.43. The maximum atomic E-state index is 13.3. The van der Waals surface area contributed by atoms with Gasteiger partial charge in [-0.05, 0) is 26.5 Å². The van der Waals surface area contributed by atoms with Crippen LogP contribution in [0.4, 0.5) is 4.39 Å². The van der Waals surface area contributed by atoms with Gasteiger partial charge in [0.05, 0.1) is 12.7 Å². The number of hydrogen-bond acceptors (Lipinski definition) is 2. The molecule has 0 bridgehead atoms. The minimum Gasteiger partial charge on any atom is -0.372 e. The third-order valence-electron chi connectivity index (χ3n) is 2.84. The fourth-order valence-electron chi connectivity index (χ4n) is 1.72. The minimum absolute atomic E-state index is 0.0783. The van der Waals surface area contributed by atoms with Crippen LogP contribution in [0.1, 0.15) is 25.8 Å². The highest BCUT2D eigenvalue weighted by Gasteiger charge is 2.14. The SMILES string of the molecule is CCC(NC)C(C)OCc1ccccc1F. The number of rotatable bonds is 6. The molecule has 2 unspecified atom stereocenters. The van der Waals surface area contributed by atoms with Gasteiger partial charge in [0.25, 0.3) is 0 Å². The fourth-order valence-corrected chi connectivity index (χ4v) is 1.72. The van der Waals surface area contributed by atoms with Crippen molar-refractivity contribution in [3.8, 4) is 0 Å². The number of ether oxygens (including phenoxy) is 1. The third kappa shape index (κ3) is 3.58. The molecule has 1 aromatic rings. The summed E-state index contributed by atoms with van der Waals surface area (Å²) in [6, 6.07) is 7.03. The molecule has 1 rings (SSSR count). The number of hydrogen-bond donors (Lipinski definition) is 1.